The number of hydrogen-bond acceptors (Lipinski definition) is 2. The van der Waals surface area contributed by atoms with Crippen molar-refractivity contribution >= 4 is 0 Å². The normalized spacial score (nSPS) is 10.6. The minimum Gasteiger partial charge on any atom is -0.326 e. The standard InChI is InChI=1S/C15H17FN2/c16-15-3-1-2-14(8-15)11-18-10-13-6-4-12(9-17)5-7-13/h1-8,18H,9-11,17H2. The Balaban J connectivity index is 1.84. The third-order valence-electron chi connectivity index (χ3n) is 2.81. The van der Waals surface area contributed by atoms with E-state index in [1.54, 1.807) is 12.1 Å². The lowest BCUT2D eigenvalue weighted by Crippen LogP contribution is -2.12. The van der Waals surface area contributed by atoms with Crippen LogP contribution >= 0.6 is 0 Å². The molecule has 0 aliphatic rings. The van der Waals surface area contributed by atoms with Gasteiger partial charge < -0.3 is 11.1 Å². The van der Waals surface area contributed by atoms with Gasteiger partial charge in [0.1, 0.15) is 5.82 Å². The Bertz CT molecular complexity index is 494. The smallest absolute Gasteiger partial charge is 0.123 e. The second-order valence-corrected chi connectivity index (χ2v) is 4.25. The molecule has 3 N–H and O–H groups in total. The molecule has 0 saturated heterocycles. The molecule has 94 valence electrons. The first kappa shape index (κ1) is 12.7. The summed E-state index contributed by atoms with van der Waals surface area (Å²) in [6.07, 6.45) is 0. The molecule has 2 nitrogen and oxygen atoms in total. The molecule has 0 heterocycles. The average Bonchev–Trinajstić information content (AvgIpc) is 2.40. The van der Waals surface area contributed by atoms with Gasteiger partial charge in [-0.25, -0.2) is 4.39 Å². The van der Waals surface area contributed by atoms with Gasteiger partial charge in [-0.3, -0.25) is 0 Å². The van der Waals surface area contributed by atoms with E-state index in [9.17, 15) is 4.39 Å². The van der Waals surface area contributed by atoms with Crippen molar-refractivity contribution in [3.05, 3.63) is 71.0 Å². The van der Waals surface area contributed by atoms with Crippen LogP contribution in [0.3, 0.4) is 0 Å². The molecule has 18 heavy (non-hydrogen) atoms. The second kappa shape index (κ2) is 6.28. The predicted molar refractivity (Wildman–Crippen MR) is 71.3 cm³/mol. The van der Waals surface area contributed by atoms with Crippen LogP contribution < -0.4 is 11.1 Å². The lowest BCUT2D eigenvalue weighted by molar-refractivity contribution is 0.620. The molecular weight excluding hydrogens is 227 g/mol. The van der Waals surface area contributed by atoms with Crippen LogP contribution in [0.25, 0.3) is 0 Å². The highest BCUT2D eigenvalue weighted by Crippen LogP contribution is 2.05. The summed E-state index contributed by atoms with van der Waals surface area (Å²) in [7, 11) is 0. The fourth-order valence-corrected chi connectivity index (χ4v) is 1.79. The third kappa shape index (κ3) is 3.65. The molecule has 0 aliphatic carbocycles. The molecule has 0 aliphatic heterocycles. The highest BCUT2D eigenvalue weighted by atomic mass is 19.1. The van der Waals surface area contributed by atoms with Crippen molar-refractivity contribution in [3.8, 4) is 0 Å². The third-order valence-corrected chi connectivity index (χ3v) is 2.81. The lowest BCUT2D eigenvalue weighted by Gasteiger charge is -2.06. The summed E-state index contributed by atoms with van der Waals surface area (Å²) in [5.41, 5.74) is 8.82. The first-order valence-corrected chi connectivity index (χ1v) is 6.01. The summed E-state index contributed by atoms with van der Waals surface area (Å²) in [6.45, 7) is 1.99. The van der Waals surface area contributed by atoms with Crippen LogP contribution in [0, 0.1) is 5.82 Å². The Kier molecular flexibility index (Phi) is 4.45. The fourth-order valence-electron chi connectivity index (χ4n) is 1.79. The molecule has 0 bridgehead atoms. The van der Waals surface area contributed by atoms with E-state index in [-0.39, 0.29) is 5.82 Å². The Morgan fingerprint density at radius 2 is 1.56 bits per heavy atom. The van der Waals surface area contributed by atoms with Crippen LogP contribution in [-0.2, 0) is 19.6 Å². The number of hydrogen-bond donors (Lipinski definition) is 2. The highest BCUT2D eigenvalue weighted by Gasteiger charge is 1.96. The van der Waals surface area contributed by atoms with Crippen molar-refractivity contribution < 1.29 is 4.39 Å². The zero-order chi connectivity index (χ0) is 12.8. The Labute approximate surface area is 107 Å². The van der Waals surface area contributed by atoms with Crippen molar-refractivity contribution in [1.29, 1.82) is 0 Å². The first-order valence-electron chi connectivity index (χ1n) is 6.01. The maximum Gasteiger partial charge on any atom is 0.123 e. The van der Waals surface area contributed by atoms with Gasteiger partial charge in [-0.15, -0.1) is 0 Å². The highest BCUT2D eigenvalue weighted by molar-refractivity contribution is 5.22. The molecule has 2 rings (SSSR count). The Morgan fingerprint density at radius 3 is 2.22 bits per heavy atom. The van der Waals surface area contributed by atoms with E-state index in [4.69, 9.17) is 5.73 Å². The van der Waals surface area contributed by atoms with E-state index < -0.39 is 0 Å². The van der Waals surface area contributed by atoms with Crippen LogP contribution in [0.2, 0.25) is 0 Å². The number of benzene rings is 2. The number of halogens is 1. The molecule has 0 spiro atoms. The molecule has 0 fully saturated rings. The fraction of sp³-hybridized carbons (Fsp3) is 0.200. The van der Waals surface area contributed by atoms with E-state index >= 15 is 0 Å². The molecule has 0 aromatic heterocycles. The monoisotopic (exact) mass is 244 g/mol. The van der Waals surface area contributed by atoms with Crippen molar-refractivity contribution in [3.63, 3.8) is 0 Å². The van der Waals surface area contributed by atoms with E-state index in [0.717, 1.165) is 17.7 Å². The molecule has 0 amide bonds. The maximum absolute atomic E-state index is 13.0. The lowest BCUT2D eigenvalue weighted by atomic mass is 10.1. The molecule has 0 unspecified atom stereocenters. The molecule has 0 saturated carbocycles. The molecular formula is C15H17FN2. The van der Waals surface area contributed by atoms with E-state index in [0.29, 0.717) is 13.1 Å². The van der Waals surface area contributed by atoms with E-state index in [2.05, 4.69) is 17.4 Å². The first-order chi connectivity index (χ1) is 8.78. The Hall–Kier alpha value is -1.71. The van der Waals surface area contributed by atoms with Crippen LogP contribution in [0.15, 0.2) is 48.5 Å². The average molecular weight is 244 g/mol. The summed E-state index contributed by atoms with van der Waals surface area (Å²) in [5.74, 6) is -0.193. The molecule has 3 heteroatoms. The number of nitrogens with one attached hydrogen (secondary N) is 1. The summed E-state index contributed by atoms with van der Waals surface area (Å²) >= 11 is 0. The van der Waals surface area contributed by atoms with E-state index in [1.165, 1.54) is 11.6 Å². The minimum atomic E-state index is -0.193. The second-order valence-electron chi connectivity index (χ2n) is 4.25. The largest absolute Gasteiger partial charge is 0.326 e. The topological polar surface area (TPSA) is 38.0 Å². The zero-order valence-electron chi connectivity index (χ0n) is 10.2. The number of nitrogens with two attached hydrogens (primary N) is 1. The van der Waals surface area contributed by atoms with Gasteiger partial charge in [0.15, 0.2) is 0 Å². The van der Waals surface area contributed by atoms with Crippen molar-refractivity contribution in [2.75, 3.05) is 0 Å². The van der Waals surface area contributed by atoms with Crippen LogP contribution in [0.1, 0.15) is 16.7 Å². The summed E-state index contributed by atoms with van der Waals surface area (Å²) in [5, 5.41) is 3.28. The van der Waals surface area contributed by atoms with Crippen molar-refractivity contribution in [2.24, 2.45) is 5.73 Å². The minimum absolute atomic E-state index is 0.193. The Morgan fingerprint density at radius 1 is 0.889 bits per heavy atom. The predicted octanol–water partition coefficient (Wildman–Crippen LogP) is 2.57. The van der Waals surface area contributed by atoms with Gasteiger partial charge in [0, 0.05) is 19.6 Å². The van der Waals surface area contributed by atoms with Gasteiger partial charge >= 0.3 is 0 Å². The maximum atomic E-state index is 13.0. The number of rotatable bonds is 5. The van der Waals surface area contributed by atoms with Gasteiger partial charge in [-0.05, 0) is 28.8 Å². The van der Waals surface area contributed by atoms with Crippen molar-refractivity contribution in [2.45, 2.75) is 19.6 Å². The molecule has 0 radical (unpaired) electrons. The van der Waals surface area contributed by atoms with Gasteiger partial charge in [-0.1, -0.05) is 36.4 Å². The van der Waals surface area contributed by atoms with Gasteiger partial charge in [0.05, 0.1) is 0 Å². The molecule has 0 atom stereocenters. The van der Waals surface area contributed by atoms with Gasteiger partial charge in [0.2, 0.25) is 0 Å². The summed E-state index contributed by atoms with van der Waals surface area (Å²) < 4.78 is 13.0. The van der Waals surface area contributed by atoms with Gasteiger partial charge in [0.25, 0.3) is 0 Å². The van der Waals surface area contributed by atoms with Crippen molar-refractivity contribution in [1.82, 2.24) is 5.32 Å². The SMILES string of the molecule is NCc1ccc(CNCc2cccc(F)c2)cc1. The van der Waals surface area contributed by atoms with Crippen LogP contribution in [-0.4, -0.2) is 0 Å². The van der Waals surface area contributed by atoms with Gasteiger partial charge in [-0.2, -0.15) is 0 Å². The summed E-state index contributed by atoms with van der Waals surface area (Å²) in [6, 6.07) is 14.8. The molecule has 2 aromatic carbocycles. The van der Waals surface area contributed by atoms with E-state index in [1.807, 2.05) is 18.2 Å². The zero-order valence-corrected chi connectivity index (χ0v) is 10.2. The van der Waals surface area contributed by atoms with Crippen LogP contribution in [0.4, 0.5) is 4.39 Å². The summed E-state index contributed by atoms with van der Waals surface area (Å²) in [4.78, 5) is 0. The van der Waals surface area contributed by atoms with Crippen LogP contribution in [0.5, 0.6) is 0 Å². The molecule has 2 aromatic rings. The quantitative estimate of drug-likeness (QED) is 0.848.